The molecular weight excluding hydrogens is 464 g/mol. The molecule has 170 valence electrons. The molecule has 1 fully saturated rings. The zero-order valence-electron chi connectivity index (χ0n) is 18.5. The molecule has 0 amide bonds. The second-order valence-electron chi connectivity index (χ2n) is 8.32. The normalized spacial score (nSPS) is 15.2. The minimum absolute atomic E-state index is 0.177. The summed E-state index contributed by atoms with van der Waals surface area (Å²) in [5.41, 5.74) is 4.83. The van der Waals surface area contributed by atoms with E-state index in [4.69, 9.17) is 21.3 Å². The molecule has 0 bridgehead atoms. The van der Waals surface area contributed by atoms with Crippen LogP contribution >= 0.6 is 22.9 Å². The van der Waals surface area contributed by atoms with Crippen LogP contribution in [0.5, 0.6) is 5.75 Å². The second-order valence-corrected chi connectivity index (χ2v) is 11.8. The fourth-order valence-corrected chi connectivity index (χ4v) is 7.34. The van der Waals surface area contributed by atoms with Crippen LogP contribution in [0.25, 0.3) is 0 Å². The lowest BCUT2D eigenvalue weighted by molar-refractivity contribution is 0.402. The van der Waals surface area contributed by atoms with Gasteiger partial charge in [-0.15, -0.1) is 11.3 Å². The number of piperidine rings is 1. The van der Waals surface area contributed by atoms with Gasteiger partial charge in [-0.2, -0.15) is 0 Å². The average molecular weight is 491 g/mol. The summed E-state index contributed by atoms with van der Waals surface area (Å²) >= 11 is 7.69. The lowest BCUT2D eigenvalue weighted by atomic mass is 10.0. The van der Waals surface area contributed by atoms with Crippen LogP contribution in [0.2, 0.25) is 5.02 Å². The van der Waals surface area contributed by atoms with E-state index in [9.17, 15) is 8.42 Å². The number of hydrogen-bond acceptors (Lipinski definition) is 6. The van der Waals surface area contributed by atoms with E-state index in [0.29, 0.717) is 36.7 Å². The first-order valence-corrected chi connectivity index (χ1v) is 13.4. The van der Waals surface area contributed by atoms with Gasteiger partial charge in [0.1, 0.15) is 10.6 Å². The Kier molecular flexibility index (Phi) is 6.79. The molecule has 0 unspecified atom stereocenters. The van der Waals surface area contributed by atoms with Gasteiger partial charge < -0.3 is 9.64 Å². The topological polar surface area (TPSA) is 59.5 Å². The largest absolute Gasteiger partial charge is 0.495 e. The molecule has 8 heteroatoms. The molecule has 2 aromatic carbocycles. The maximum Gasteiger partial charge on any atom is 0.185 e. The van der Waals surface area contributed by atoms with Gasteiger partial charge in [-0.05, 0) is 50.5 Å². The first kappa shape index (κ1) is 23.1. The van der Waals surface area contributed by atoms with Crippen molar-refractivity contribution >= 4 is 37.9 Å². The fraction of sp³-hybridized carbons (Fsp3) is 0.375. The Bertz CT molecular complexity index is 1200. The van der Waals surface area contributed by atoms with Gasteiger partial charge in [0.05, 0.1) is 18.1 Å². The Hall–Kier alpha value is -2.09. The Balaban J connectivity index is 1.44. The molecule has 4 rings (SSSR count). The van der Waals surface area contributed by atoms with E-state index >= 15 is 0 Å². The summed E-state index contributed by atoms with van der Waals surface area (Å²) in [7, 11) is -2.05. The molecule has 0 spiro atoms. The SMILES string of the molecule is COc1ccc(Cl)cc1S(=O)(=O)C1CCN(c2nc(Cc3cc(C)cc(C)c3)cs2)CC1. The minimum Gasteiger partial charge on any atom is -0.495 e. The highest BCUT2D eigenvalue weighted by Gasteiger charge is 2.34. The van der Waals surface area contributed by atoms with Crippen molar-refractivity contribution in [1.29, 1.82) is 0 Å². The van der Waals surface area contributed by atoms with E-state index in [-0.39, 0.29) is 4.90 Å². The second kappa shape index (κ2) is 9.41. The van der Waals surface area contributed by atoms with Crippen molar-refractivity contribution in [3.63, 3.8) is 0 Å². The Morgan fingerprint density at radius 3 is 2.47 bits per heavy atom. The monoisotopic (exact) mass is 490 g/mol. The van der Waals surface area contributed by atoms with Crippen molar-refractivity contribution in [2.45, 2.75) is 43.3 Å². The highest BCUT2D eigenvalue weighted by atomic mass is 35.5. The molecule has 32 heavy (non-hydrogen) atoms. The summed E-state index contributed by atoms with van der Waals surface area (Å²) in [6.45, 7) is 5.53. The average Bonchev–Trinajstić information content (AvgIpc) is 3.21. The van der Waals surface area contributed by atoms with Crippen LogP contribution in [0.15, 0.2) is 46.7 Å². The third-order valence-corrected chi connectivity index (χ3v) is 9.26. The number of anilines is 1. The predicted octanol–water partition coefficient (Wildman–Crippen LogP) is 5.46. The van der Waals surface area contributed by atoms with Gasteiger partial charge in [0.2, 0.25) is 0 Å². The molecule has 1 aromatic heterocycles. The van der Waals surface area contributed by atoms with Gasteiger partial charge in [-0.3, -0.25) is 0 Å². The summed E-state index contributed by atoms with van der Waals surface area (Å²) in [4.78, 5) is 7.20. The van der Waals surface area contributed by atoms with Gasteiger partial charge in [0.15, 0.2) is 15.0 Å². The van der Waals surface area contributed by atoms with E-state index in [2.05, 4.69) is 42.3 Å². The van der Waals surface area contributed by atoms with Crippen molar-refractivity contribution in [2.75, 3.05) is 25.1 Å². The van der Waals surface area contributed by atoms with Crippen LogP contribution in [0.1, 0.15) is 35.2 Å². The molecule has 1 aliphatic rings. The van der Waals surface area contributed by atoms with Gasteiger partial charge in [-0.25, -0.2) is 13.4 Å². The quantitative estimate of drug-likeness (QED) is 0.459. The summed E-state index contributed by atoms with van der Waals surface area (Å²) in [5, 5.41) is 2.99. The predicted molar refractivity (Wildman–Crippen MR) is 131 cm³/mol. The number of hydrogen-bond donors (Lipinski definition) is 0. The highest BCUT2D eigenvalue weighted by molar-refractivity contribution is 7.92. The molecule has 0 saturated carbocycles. The molecule has 2 heterocycles. The van der Waals surface area contributed by atoms with Crippen molar-refractivity contribution in [3.8, 4) is 5.75 Å². The van der Waals surface area contributed by atoms with Crippen molar-refractivity contribution in [2.24, 2.45) is 0 Å². The van der Waals surface area contributed by atoms with Crippen LogP contribution in [-0.2, 0) is 16.3 Å². The third-order valence-electron chi connectivity index (χ3n) is 5.79. The van der Waals surface area contributed by atoms with Gasteiger partial charge in [0, 0.05) is 29.9 Å². The summed E-state index contributed by atoms with van der Waals surface area (Å²) in [6.07, 6.45) is 1.90. The summed E-state index contributed by atoms with van der Waals surface area (Å²) in [6, 6.07) is 11.3. The number of thiazole rings is 1. The number of ether oxygens (including phenoxy) is 1. The molecule has 1 aliphatic heterocycles. The zero-order chi connectivity index (χ0) is 22.9. The van der Waals surface area contributed by atoms with Crippen LogP contribution in [0.4, 0.5) is 5.13 Å². The van der Waals surface area contributed by atoms with Gasteiger partial charge in [-0.1, -0.05) is 40.9 Å². The number of aryl methyl sites for hydroxylation is 2. The maximum atomic E-state index is 13.3. The lowest BCUT2D eigenvalue weighted by Crippen LogP contribution is -2.39. The molecule has 0 atom stereocenters. The van der Waals surface area contributed by atoms with E-state index in [1.54, 1.807) is 23.5 Å². The van der Waals surface area contributed by atoms with Gasteiger partial charge >= 0.3 is 0 Å². The standard InChI is InChI=1S/C24H27ClN2O3S2/c1-16-10-17(2)12-18(11-16)13-20-15-31-24(26-20)27-8-6-21(7-9-27)32(28,29)23-14-19(25)4-5-22(23)30-3/h4-5,10-12,14-15,21H,6-9,13H2,1-3H3. The van der Waals surface area contributed by atoms with Crippen LogP contribution < -0.4 is 9.64 Å². The fourth-order valence-electron chi connectivity index (χ4n) is 4.31. The first-order valence-electron chi connectivity index (χ1n) is 10.6. The molecule has 0 aliphatic carbocycles. The van der Waals surface area contributed by atoms with Crippen molar-refractivity contribution in [1.82, 2.24) is 4.98 Å². The van der Waals surface area contributed by atoms with Crippen LogP contribution in [-0.4, -0.2) is 38.9 Å². The number of rotatable bonds is 6. The van der Waals surface area contributed by atoms with E-state index in [0.717, 1.165) is 17.2 Å². The van der Waals surface area contributed by atoms with Gasteiger partial charge in [0.25, 0.3) is 0 Å². The maximum absolute atomic E-state index is 13.3. The Labute approximate surface area is 198 Å². The van der Waals surface area contributed by atoms with Crippen molar-refractivity contribution in [3.05, 3.63) is 69.2 Å². The minimum atomic E-state index is -3.53. The lowest BCUT2D eigenvalue weighted by Gasteiger charge is -2.31. The smallest absolute Gasteiger partial charge is 0.185 e. The van der Waals surface area contributed by atoms with Crippen LogP contribution in [0.3, 0.4) is 0 Å². The molecule has 0 N–H and O–H groups in total. The number of sulfone groups is 1. The summed E-state index contributed by atoms with van der Waals surface area (Å²) in [5.74, 6) is 0.341. The van der Waals surface area contributed by atoms with E-state index < -0.39 is 15.1 Å². The third kappa shape index (κ3) is 4.95. The Morgan fingerprint density at radius 1 is 1.12 bits per heavy atom. The number of halogens is 1. The zero-order valence-corrected chi connectivity index (χ0v) is 20.9. The highest BCUT2D eigenvalue weighted by Crippen LogP contribution is 2.34. The van der Waals surface area contributed by atoms with E-state index in [1.165, 1.54) is 29.9 Å². The molecule has 3 aromatic rings. The number of methoxy groups -OCH3 is 1. The molecule has 0 radical (unpaired) electrons. The van der Waals surface area contributed by atoms with Crippen LogP contribution in [0, 0.1) is 13.8 Å². The van der Waals surface area contributed by atoms with E-state index in [1.807, 2.05) is 0 Å². The first-order chi connectivity index (χ1) is 15.3. The number of aromatic nitrogens is 1. The number of nitrogens with zero attached hydrogens (tertiary/aromatic N) is 2. The molecule has 5 nitrogen and oxygen atoms in total. The number of benzene rings is 2. The molecule has 1 saturated heterocycles. The Morgan fingerprint density at radius 2 is 1.81 bits per heavy atom. The summed E-state index contributed by atoms with van der Waals surface area (Å²) < 4.78 is 31.8. The molecular formula is C24H27ClN2O3S2. The van der Waals surface area contributed by atoms with Crippen molar-refractivity contribution < 1.29 is 13.2 Å².